The lowest BCUT2D eigenvalue weighted by Gasteiger charge is -2.22. The molecule has 2 rings (SSSR count). The van der Waals surface area contributed by atoms with Crippen LogP contribution in [0.3, 0.4) is 0 Å². The van der Waals surface area contributed by atoms with Gasteiger partial charge in [0.2, 0.25) is 0 Å². The zero-order valence-electron chi connectivity index (χ0n) is 11.1. The number of hydrogen-bond acceptors (Lipinski definition) is 3. The Morgan fingerprint density at radius 3 is 2.42 bits per heavy atom. The second kappa shape index (κ2) is 6.26. The quantitative estimate of drug-likeness (QED) is 0.896. The van der Waals surface area contributed by atoms with Gasteiger partial charge in [-0.05, 0) is 49.7 Å². The van der Waals surface area contributed by atoms with E-state index in [2.05, 4.69) is 15.9 Å². The fourth-order valence-corrected chi connectivity index (χ4v) is 2.10. The molecule has 0 bridgehead atoms. The highest BCUT2D eigenvalue weighted by Crippen LogP contribution is 2.27. The number of benzene rings is 1. The number of hydrogen-bond donors (Lipinski definition) is 1. The predicted molar refractivity (Wildman–Crippen MR) is 79.2 cm³/mol. The summed E-state index contributed by atoms with van der Waals surface area (Å²) in [6.07, 6.45) is 0.556. The number of nitrogens with two attached hydrogens (primary N) is 1. The summed E-state index contributed by atoms with van der Waals surface area (Å²) in [6, 6.07) is 11.5. The molecule has 0 aliphatic rings. The molecule has 0 saturated heterocycles. The standard InChI is InChI=1S/C15H18BrNO2/c1-3-13(17)15(14-9-4-10(2)18-14)19-12-7-5-11(16)6-8-12/h4-9,13,15H,3,17H2,1-2H3. The van der Waals surface area contributed by atoms with E-state index in [1.807, 2.05) is 50.2 Å². The molecule has 19 heavy (non-hydrogen) atoms. The van der Waals surface area contributed by atoms with Crippen LogP contribution in [0.15, 0.2) is 45.3 Å². The van der Waals surface area contributed by atoms with Crippen LogP contribution in [-0.4, -0.2) is 6.04 Å². The molecule has 0 aliphatic heterocycles. The van der Waals surface area contributed by atoms with E-state index < -0.39 is 0 Å². The van der Waals surface area contributed by atoms with Gasteiger partial charge in [-0.15, -0.1) is 0 Å². The number of aryl methyl sites for hydroxylation is 1. The molecular weight excluding hydrogens is 306 g/mol. The minimum Gasteiger partial charge on any atom is -0.481 e. The molecular formula is C15H18BrNO2. The molecule has 4 heteroatoms. The lowest BCUT2D eigenvalue weighted by Crippen LogP contribution is -2.31. The average Bonchev–Trinajstić information content (AvgIpc) is 2.83. The van der Waals surface area contributed by atoms with E-state index in [0.717, 1.165) is 28.2 Å². The lowest BCUT2D eigenvalue weighted by atomic mass is 10.1. The van der Waals surface area contributed by atoms with Gasteiger partial charge in [0.15, 0.2) is 6.10 Å². The highest BCUT2D eigenvalue weighted by molar-refractivity contribution is 9.10. The summed E-state index contributed by atoms with van der Waals surface area (Å²) in [4.78, 5) is 0. The number of halogens is 1. The van der Waals surface area contributed by atoms with Crippen LogP contribution in [0.25, 0.3) is 0 Å². The van der Waals surface area contributed by atoms with Gasteiger partial charge in [-0.2, -0.15) is 0 Å². The molecule has 0 spiro atoms. The minimum absolute atomic E-state index is 0.103. The molecule has 2 aromatic rings. The van der Waals surface area contributed by atoms with Crippen molar-refractivity contribution in [2.24, 2.45) is 5.73 Å². The third-order valence-corrected chi connectivity index (χ3v) is 3.51. The highest BCUT2D eigenvalue weighted by atomic mass is 79.9. The van der Waals surface area contributed by atoms with Crippen molar-refractivity contribution in [2.75, 3.05) is 0 Å². The maximum absolute atomic E-state index is 6.14. The number of furan rings is 1. The van der Waals surface area contributed by atoms with Crippen molar-refractivity contribution < 1.29 is 9.15 Å². The van der Waals surface area contributed by atoms with E-state index in [1.54, 1.807) is 0 Å². The molecule has 102 valence electrons. The first-order valence-electron chi connectivity index (χ1n) is 6.34. The van der Waals surface area contributed by atoms with Crippen molar-refractivity contribution in [1.82, 2.24) is 0 Å². The van der Waals surface area contributed by atoms with Gasteiger partial charge in [0.1, 0.15) is 17.3 Å². The first-order valence-corrected chi connectivity index (χ1v) is 7.13. The van der Waals surface area contributed by atoms with Gasteiger partial charge in [0.05, 0.1) is 0 Å². The van der Waals surface area contributed by atoms with Crippen LogP contribution in [0.2, 0.25) is 0 Å². The summed E-state index contributed by atoms with van der Waals surface area (Å²) in [7, 11) is 0. The molecule has 0 amide bonds. The molecule has 2 N–H and O–H groups in total. The molecule has 1 aromatic carbocycles. The Morgan fingerprint density at radius 1 is 1.21 bits per heavy atom. The Hall–Kier alpha value is -1.26. The summed E-state index contributed by atoms with van der Waals surface area (Å²) < 4.78 is 12.7. The van der Waals surface area contributed by atoms with Crippen LogP contribution >= 0.6 is 15.9 Å². The first kappa shape index (κ1) is 14.2. The van der Waals surface area contributed by atoms with Gasteiger partial charge in [-0.25, -0.2) is 0 Å². The summed E-state index contributed by atoms with van der Waals surface area (Å²) in [5.41, 5.74) is 6.14. The smallest absolute Gasteiger partial charge is 0.171 e. The number of rotatable bonds is 5. The van der Waals surface area contributed by atoms with Crippen LogP contribution in [0, 0.1) is 6.92 Å². The van der Waals surface area contributed by atoms with Gasteiger partial charge in [0.25, 0.3) is 0 Å². The third kappa shape index (κ3) is 3.61. The monoisotopic (exact) mass is 323 g/mol. The van der Waals surface area contributed by atoms with Crippen molar-refractivity contribution >= 4 is 15.9 Å². The van der Waals surface area contributed by atoms with Crippen molar-refractivity contribution in [3.63, 3.8) is 0 Å². The summed E-state index contributed by atoms with van der Waals surface area (Å²) >= 11 is 3.40. The fraction of sp³-hybridized carbons (Fsp3) is 0.333. The van der Waals surface area contributed by atoms with E-state index in [4.69, 9.17) is 14.9 Å². The van der Waals surface area contributed by atoms with E-state index in [9.17, 15) is 0 Å². The van der Waals surface area contributed by atoms with Gasteiger partial charge in [-0.3, -0.25) is 0 Å². The maximum Gasteiger partial charge on any atom is 0.171 e. The SMILES string of the molecule is CCC(N)C(Oc1ccc(Br)cc1)c1ccc(C)o1. The predicted octanol–water partition coefficient (Wildman–Crippen LogP) is 4.21. The molecule has 1 heterocycles. The van der Waals surface area contributed by atoms with Crippen LogP contribution in [0.1, 0.15) is 31.0 Å². The summed E-state index contributed by atoms with van der Waals surface area (Å²) in [5, 5.41) is 0. The van der Waals surface area contributed by atoms with E-state index in [1.165, 1.54) is 0 Å². The van der Waals surface area contributed by atoms with Gasteiger partial charge in [-0.1, -0.05) is 22.9 Å². The number of ether oxygens (including phenoxy) is 1. The molecule has 0 saturated carbocycles. The van der Waals surface area contributed by atoms with Crippen molar-refractivity contribution in [1.29, 1.82) is 0 Å². The van der Waals surface area contributed by atoms with Gasteiger partial charge in [0, 0.05) is 10.5 Å². The van der Waals surface area contributed by atoms with Crippen LogP contribution < -0.4 is 10.5 Å². The Kier molecular flexibility index (Phi) is 4.66. The molecule has 2 unspecified atom stereocenters. The van der Waals surface area contributed by atoms with Crippen molar-refractivity contribution in [2.45, 2.75) is 32.4 Å². The molecule has 2 atom stereocenters. The lowest BCUT2D eigenvalue weighted by molar-refractivity contribution is 0.143. The molecule has 0 fully saturated rings. The second-order valence-corrected chi connectivity index (χ2v) is 5.43. The Morgan fingerprint density at radius 2 is 1.89 bits per heavy atom. The zero-order valence-corrected chi connectivity index (χ0v) is 12.7. The Bertz CT molecular complexity index is 521. The van der Waals surface area contributed by atoms with Crippen molar-refractivity contribution in [3.8, 4) is 5.75 Å². The van der Waals surface area contributed by atoms with Crippen LogP contribution in [0.4, 0.5) is 0 Å². The summed E-state index contributed by atoms with van der Waals surface area (Å²) in [5.74, 6) is 2.42. The topological polar surface area (TPSA) is 48.4 Å². The molecule has 1 aromatic heterocycles. The fourth-order valence-electron chi connectivity index (χ4n) is 1.84. The van der Waals surface area contributed by atoms with Crippen LogP contribution in [-0.2, 0) is 0 Å². The third-order valence-electron chi connectivity index (χ3n) is 2.98. The second-order valence-electron chi connectivity index (χ2n) is 4.51. The Labute approximate surface area is 121 Å². The van der Waals surface area contributed by atoms with E-state index in [-0.39, 0.29) is 12.1 Å². The Balaban J connectivity index is 2.21. The van der Waals surface area contributed by atoms with Crippen molar-refractivity contribution in [3.05, 3.63) is 52.4 Å². The van der Waals surface area contributed by atoms with E-state index >= 15 is 0 Å². The van der Waals surface area contributed by atoms with Crippen LogP contribution in [0.5, 0.6) is 5.75 Å². The molecule has 0 radical (unpaired) electrons. The summed E-state index contributed by atoms with van der Waals surface area (Å²) in [6.45, 7) is 3.95. The largest absolute Gasteiger partial charge is 0.481 e. The first-order chi connectivity index (χ1) is 9.10. The highest BCUT2D eigenvalue weighted by Gasteiger charge is 2.23. The zero-order chi connectivity index (χ0) is 13.8. The minimum atomic E-state index is -0.264. The van der Waals surface area contributed by atoms with Gasteiger partial charge >= 0.3 is 0 Å². The molecule has 0 aliphatic carbocycles. The maximum atomic E-state index is 6.14. The van der Waals surface area contributed by atoms with E-state index in [0.29, 0.717) is 0 Å². The average molecular weight is 324 g/mol. The molecule has 3 nitrogen and oxygen atoms in total. The van der Waals surface area contributed by atoms with Gasteiger partial charge < -0.3 is 14.9 Å². The normalized spacial score (nSPS) is 14.1.